The first kappa shape index (κ1) is 7.01. The molecule has 1 rings (SSSR count). The molecule has 56 valence electrons. The molecule has 1 heterocycles. The van der Waals surface area contributed by atoms with Crippen LogP contribution in [0.5, 0.6) is 0 Å². The van der Waals surface area contributed by atoms with E-state index in [2.05, 4.69) is 20.5 Å². The summed E-state index contributed by atoms with van der Waals surface area (Å²) in [5.41, 5.74) is 5.29. The number of H-pyrrole nitrogens is 1. The van der Waals surface area contributed by atoms with E-state index >= 15 is 0 Å². The van der Waals surface area contributed by atoms with E-state index in [0.29, 0.717) is 5.95 Å². The van der Waals surface area contributed by atoms with Crippen LogP contribution in [0.2, 0.25) is 0 Å². The second-order valence-corrected chi connectivity index (χ2v) is 2.09. The van der Waals surface area contributed by atoms with Gasteiger partial charge in [-0.2, -0.15) is 4.98 Å². The molecule has 0 amide bonds. The lowest BCUT2D eigenvalue weighted by molar-refractivity contribution is -0.626. The highest BCUT2D eigenvalue weighted by Crippen LogP contribution is 1.91. The highest BCUT2D eigenvalue weighted by atomic mass is 15.3. The number of likely N-dealkylation sites (N-methyl/N-ethyl adjacent to an activating group) is 1. The molecule has 1 aromatic rings. The molecule has 5 nitrogen and oxygen atoms in total. The average molecular weight is 142 g/mol. The van der Waals surface area contributed by atoms with Crippen LogP contribution in [0.4, 0.5) is 5.95 Å². The molecule has 0 spiro atoms. The largest absolute Gasteiger partial charge is 0.367 e. The molecule has 0 saturated heterocycles. The number of nitrogens with zero attached hydrogens (tertiary/aromatic N) is 2. The van der Waals surface area contributed by atoms with Crippen molar-refractivity contribution in [3.63, 3.8) is 0 Å². The van der Waals surface area contributed by atoms with Gasteiger partial charge in [-0.1, -0.05) is 0 Å². The van der Waals surface area contributed by atoms with Crippen LogP contribution in [0.25, 0.3) is 0 Å². The lowest BCUT2D eigenvalue weighted by Crippen LogP contribution is -2.80. The number of hydrogen-bond donors (Lipinski definition) is 3. The van der Waals surface area contributed by atoms with Gasteiger partial charge >= 0.3 is 0 Å². The third-order valence-corrected chi connectivity index (χ3v) is 1.22. The van der Waals surface area contributed by atoms with E-state index in [4.69, 9.17) is 5.73 Å². The molecule has 0 bridgehead atoms. The summed E-state index contributed by atoms with van der Waals surface area (Å²) in [6.45, 7) is 1.01. The molecule has 5 heteroatoms. The zero-order valence-electron chi connectivity index (χ0n) is 5.96. The molecule has 0 saturated carbocycles. The summed E-state index contributed by atoms with van der Waals surface area (Å²) in [6.07, 6.45) is 0.890. The van der Waals surface area contributed by atoms with E-state index in [1.54, 1.807) is 0 Å². The minimum Gasteiger partial charge on any atom is -0.367 e. The fourth-order valence-electron chi connectivity index (χ4n) is 0.703. The van der Waals surface area contributed by atoms with Crippen molar-refractivity contribution < 1.29 is 5.32 Å². The van der Waals surface area contributed by atoms with Crippen molar-refractivity contribution in [1.82, 2.24) is 15.2 Å². The summed E-state index contributed by atoms with van der Waals surface area (Å²) in [7, 11) is 2.01. The number of rotatable bonds is 3. The van der Waals surface area contributed by atoms with Gasteiger partial charge in [0.25, 0.3) is 0 Å². The van der Waals surface area contributed by atoms with Crippen molar-refractivity contribution in [3.8, 4) is 0 Å². The number of aromatic nitrogens is 3. The summed E-state index contributed by atoms with van der Waals surface area (Å²) in [6, 6.07) is 0. The first-order valence-corrected chi connectivity index (χ1v) is 3.27. The predicted octanol–water partition coefficient (Wildman–Crippen LogP) is -1.88. The molecule has 0 unspecified atom stereocenters. The van der Waals surface area contributed by atoms with Gasteiger partial charge in [-0.05, 0) is 0 Å². The van der Waals surface area contributed by atoms with Crippen LogP contribution in [0.1, 0.15) is 5.82 Å². The van der Waals surface area contributed by atoms with E-state index in [0.717, 1.165) is 18.8 Å². The van der Waals surface area contributed by atoms with Gasteiger partial charge in [-0.25, -0.2) is 0 Å². The smallest absolute Gasteiger partial charge is 0.239 e. The van der Waals surface area contributed by atoms with Gasteiger partial charge in [-0.3, -0.25) is 5.10 Å². The fourth-order valence-corrected chi connectivity index (χ4v) is 0.703. The van der Waals surface area contributed by atoms with E-state index in [1.165, 1.54) is 0 Å². The predicted molar refractivity (Wildman–Crippen MR) is 37.2 cm³/mol. The molecule has 0 aromatic carbocycles. The summed E-state index contributed by atoms with van der Waals surface area (Å²) >= 11 is 0. The van der Waals surface area contributed by atoms with E-state index < -0.39 is 0 Å². The van der Waals surface area contributed by atoms with Crippen LogP contribution in [0, 0.1) is 0 Å². The van der Waals surface area contributed by atoms with Crippen LogP contribution >= 0.6 is 0 Å². The summed E-state index contributed by atoms with van der Waals surface area (Å²) in [5, 5.41) is 8.51. The zero-order chi connectivity index (χ0) is 7.40. The van der Waals surface area contributed by atoms with Gasteiger partial charge in [0.05, 0.1) is 20.0 Å². The molecule has 5 N–H and O–H groups in total. The summed E-state index contributed by atoms with van der Waals surface area (Å²) in [4.78, 5) is 3.94. The molecule has 0 atom stereocenters. The molecule has 0 radical (unpaired) electrons. The Bertz CT molecular complexity index is 194. The Hall–Kier alpha value is -1.10. The number of anilines is 1. The Kier molecular flexibility index (Phi) is 2.22. The Morgan fingerprint density at radius 2 is 2.50 bits per heavy atom. The van der Waals surface area contributed by atoms with Crippen LogP contribution < -0.4 is 11.1 Å². The van der Waals surface area contributed by atoms with Crippen molar-refractivity contribution in [2.75, 3.05) is 19.3 Å². The maximum absolute atomic E-state index is 5.29. The first-order valence-electron chi connectivity index (χ1n) is 3.27. The molecular formula is C5H12N5+. The number of quaternary nitrogens is 1. The molecule has 0 fully saturated rings. The number of nitrogens with two attached hydrogens (primary N) is 2. The van der Waals surface area contributed by atoms with Crippen LogP contribution in [0.3, 0.4) is 0 Å². The van der Waals surface area contributed by atoms with Crippen molar-refractivity contribution in [1.29, 1.82) is 0 Å². The number of aromatic amines is 1. The van der Waals surface area contributed by atoms with Crippen molar-refractivity contribution in [2.45, 2.75) is 6.42 Å². The van der Waals surface area contributed by atoms with Gasteiger partial charge in [-0.15, -0.1) is 5.10 Å². The Balaban J connectivity index is 2.42. The Morgan fingerprint density at radius 1 is 1.70 bits per heavy atom. The van der Waals surface area contributed by atoms with Crippen molar-refractivity contribution in [3.05, 3.63) is 5.82 Å². The number of nitrogen functional groups attached to an aromatic ring is 1. The minimum absolute atomic E-state index is 0.325. The highest BCUT2D eigenvalue weighted by molar-refractivity contribution is 5.12. The molecule has 1 aromatic heterocycles. The average Bonchev–Trinajstić information content (AvgIpc) is 2.31. The van der Waals surface area contributed by atoms with Gasteiger partial charge in [0.1, 0.15) is 5.82 Å². The Labute approximate surface area is 59.0 Å². The monoisotopic (exact) mass is 142 g/mol. The maximum Gasteiger partial charge on any atom is 0.239 e. The summed E-state index contributed by atoms with van der Waals surface area (Å²) < 4.78 is 0. The molecule has 10 heavy (non-hydrogen) atoms. The van der Waals surface area contributed by atoms with Gasteiger partial charge < -0.3 is 11.1 Å². The van der Waals surface area contributed by atoms with Crippen LogP contribution in [0.15, 0.2) is 0 Å². The van der Waals surface area contributed by atoms with Crippen LogP contribution in [-0.2, 0) is 6.42 Å². The first-order chi connectivity index (χ1) is 4.83. The molecule has 0 aliphatic carbocycles. The fraction of sp³-hybridized carbons (Fsp3) is 0.600. The minimum atomic E-state index is 0.325. The SMILES string of the molecule is C[NH2+]CCc1nc(N)n[nH]1. The van der Waals surface area contributed by atoms with Crippen LogP contribution in [-0.4, -0.2) is 28.8 Å². The topological polar surface area (TPSA) is 84.2 Å². The van der Waals surface area contributed by atoms with E-state index in [-0.39, 0.29) is 0 Å². The van der Waals surface area contributed by atoms with Gasteiger partial charge in [0.15, 0.2) is 0 Å². The second-order valence-electron chi connectivity index (χ2n) is 2.09. The number of nitrogens with one attached hydrogen (secondary N) is 1. The van der Waals surface area contributed by atoms with Crippen molar-refractivity contribution >= 4 is 5.95 Å². The molecular weight excluding hydrogens is 130 g/mol. The second kappa shape index (κ2) is 3.17. The zero-order valence-corrected chi connectivity index (χ0v) is 5.96. The highest BCUT2D eigenvalue weighted by Gasteiger charge is 1.97. The quantitative estimate of drug-likeness (QED) is 0.462. The lowest BCUT2D eigenvalue weighted by atomic mass is 10.4. The lowest BCUT2D eigenvalue weighted by Gasteiger charge is -1.89. The van der Waals surface area contributed by atoms with Gasteiger partial charge in [0, 0.05) is 0 Å². The Morgan fingerprint density at radius 3 is 3.00 bits per heavy atom. The molecule has 0 aliphatic heterocycles. The van der Waals surface area contributed by atoms with Gasteiger partial charge in [0.2, 0.25) is 5.95 Å². The maximum atomic E-state index is 5.29. The van der Waals surface area contributed by atoms with E-state index in [1.807, 2.05) is 7.05 Å². The third-order valence-electron chi connectivity index (χ3n) is 1.22. The number of hydrogen-bond acceptors (Lipinski definition) is 3. The summed E-state index contributed by atoms with van der Waals surface area (Å²) in [5.74, 6) is 1.18. The third kappa shape index (κ3) is 1.70. The standard InChI is InChI=1S/C5H11N5/c1-7-3-2-4-8-5(6)10-9-4/h7H,2-3H2,1H3,(H3,6,8,9,10)/p+1. The molecule has 0 aliphatic rings. The normalized spacial score (nSPS) is 10.1. The van der Waals surface area contributed by atoms with E-state index in [9.17, 15) is 0 Å². The van der Waals surface area contributed by atoms with Crippen molar-refractivity contribution in [2.24, 2.45) is 0 Å².